The minimum absolute atomic E-state index is 0.172. The lowest BCUT2D eigenvalue weighted by Gasteiger charge is -2.34. The second-order valence-corrected chi connectivity index (χ2v) is 9.47. The molecule has 1 N–H and O–H groups in total. The molecular weight excluding hydrogens is 480 g/mol. The molecule has 2 amide bonds. The van der Waals surface area contributed by atoms with E-state index in [9.17, 15) is 9.59 Å². The lowest BCUT2D eigenvalue weighted by atomic mass is 9.98. The molecule has 0 aliphatic carbocycles. The average Bonchev–Trinajstić information content (AvgIpc) is 2.93. The number of aryl methyl sites for hydroxylation is 1. The summed E-state index contributed by atoms with van der Waals surface area (Å²) in [5.74, 6) is 0.626. The molecule has 200 valence electrons. The molecule has 0 bridgehead atoms. The highest BCUT2D eigenvalue weighted by molar-refractivity contribution is 6.05. The number of hydrogen-bond donors (Lipinski definition) is 1. The third-order valence-corrected chi connectivity index (χ3v) is 6.88. The number of nitrogens with one attached hydrogen (secondary N) is 1. The number of ether oxygens (including phenoxy) is 2. The van der Waals surface area contributed by atoms with Crippen molar-refractivity contribution in [1.82, 2.24) is 4.90 Å². The van der Waals surface area contributed by atoms with E-state index in [0.29, 0.717) is 12.2 Å². The molecule has 0 saturated carbocycles. The van der Waals surface area contributed by atoms with Crippen LogP contribution in [0.25, 0.3) is 11.1 Å². The molecule has 4 rings (SSSR count). The van der Waals surface area contributed by atoms with Crippen molar-refractivity contribution in [3.63, 3.8) is 0 Å². The van der Waals surface area contributed by atoms with Crippen molar-refractivity contribution < 1.29 is 19.1 Å². The number of nitrogens with zero attached hydrogens (tertiary/aromatic N) is 3. The molecule has 38 heavy (non-hydrogen) atoms. The van der Waals surface area contributed by atoms with Gasteiger partial charge in [-0.2, -0.15) is 0 Å². The quantitative estimate of drug-likeness (QED) is 0.461. The fourth-order valence-electron chi connectivity index (χ4n) is 4.57. The molecule has 0 atom stereocenters. The first kappa shape index (κ1) is 27.0. The smallest absolute Gasteiger partial charge is 0.413 e. The highest BCUT2D eigenvalue weighted by Crippen LogP contribution is 2.32. The number of piperazine rings is 1. The van der Waals surface area contributed by atoms with E-state index in [2.05, 4.69) is 22.2 Å². The number of amides is 2. The highest BCUT2D eigenvalue weighted by Gasteiger charge is 2.19. The molecule has 1 aliphatic heterocycles. The second-order valence-electron chi connectivity index (χ2n) is 9.47. The molecular formula is C30H36N4O4. The van der Waals surface area contributed by atoms with Crippen LogP contribution in [-0.4, -0.2) is 70.9 Å². The van der Waals surface area contributed by atoms with Crippen molar-refractivity contribution in [2.24, 2.45) is 0 Å². The van der Waals surface area contributed by atoms with Crippen LogP contribution in [0, 0.1) is 6.92 Å². The van der Waals surface area contributed by atoms with Crippen LogP contribution in [0.2, 0.25) is 0 Å². The van der Waals surface area contributed by atoms with Gasteiger partial charge in [0.2, 0.25) is 0 Å². The average molecular weight is 517 g/mol. The van der Waals surface area contributed by atoms with Crippen molar-refractivity contribution >= 4 is 29.1 Å². The fraction of sp³-hybridized carbons (Fsp3) is 0.333. The van der Waals surface area contributed by atoms with Crippen molar-refractivity contribution in [3.05, 3.63) is 71.8 Å². The van der Waals surface area contributed by atoms with E-state index in [0.717, 1.165) is 65.7 Å². The van der Waals surface area contributed by atoms with Crippen molar-refractivity contribution in [2.45, 2.75) is 13.8 Å². The maximum absolute atomic E-state index is 13.0. The molecule has 0 unspecified atom stereocenters. The Bertz CT molecular complexity index is 1280. The van der Waals surface area contributed by atoms with Gasteiger partial charge in [-0.15, -0.1) is 0 Å². The molecule has 8 heteroatoms. The molecule has 0 radical (unpaired) electrons. The third kappa shape index (κ3) is 6.08. The first-order chi connectivity index (χ1) is 18.3. The van der Waals surface area contributed by atoms with Gasteiger partial charge in [0.05, 0.1) is 19.4 Å². The SMILES string of the molecule is CCOC(=O)N(C)c1ccc(-c2ccc(C(=O)Nc3ccc(OC)c(N4CCN(C)CC4)c3)cc2)c(C)c1. The van der Waals surface area contributed by atoms with Crippen LogP contribution in [0.3, 0.4) is 0 Å². The largest absolute Gasteiger partial charge is 0.495 e. The predicted octanol–water partition coefficient (Wildman–Crippen LogP) is 5.27. The summed E-state index contributed by atoms with van der Waals surface area (Å²) in [6.07, 6.45) is -0.387. The third-order valence-electron chi connectivity index (χ3n) is 6.88. The summed E-state index contributed by atoms with van der Waals surface area (Å²) in [5, 5.41) is 3.03. The van der Waals surface area contributed by atoms with Gasteiger partial charge in [0.25, 0.3) is 5.91 Å². The van der Waals surface area contributed by atoms with Crippen LogP contribution in [0.1, 0.15) is 22.8 Å². The van der Waals surface area contributed by atoms with E-state index in [1.807, 2.05) is 67.6 Å². The van der Waals surface area contributed by atoms with Crippen LogP contribution >= 0.6 is 0 Å². The zero-order valence-electron chi connectivity index (χ0n) is 22.8. The lowest BCUT2D eigenvalue weighted by Crippen LogP contribution is -2.44. The summed E-state index contributed by atoms with van der Waals surface area (Å²) in [6, 6.07) is 19.1. The maximum atomic E-state index is 13.0. The number of methoxy groups -OCH3 is 1. The van der Waals surface area contributed by atoms with Crippen LogP contribution < -0.4 is 19.9 Å². The Hall–Kier alpha value is -4.04. The Labute approximate surface area is 224 Å². The standard InChI is InChI=1S/C30H36N4O4/c1-6-38-30(36)33(4)25-12-13-26(21(2)19-25)22-7-9-23(10-8-22)29(35)31-24-11-14-28(37-5)27(20-24)34-17-15-32(3)16-18-34/h7-14,19-20H,6,15-18H2,1-5H3,(H,31,35). The molecule has 8 nitrogen and oxygen atoms in total. The number of carbonyl (C=O) groups excluding carboxylic acids is 2. The normalized spacial score (nSPS) is 13.7. The molecule has 3 aromatic carbocycles. The van der Waals surface area contributed by atoms with E-state index < -0.39 is 0 Å². The number of hydrogen-bond acceptors (Lipinski definition) is 6. The number of likely N-dealkylation sites (N-methyl/N-ethyl adjacent to an activating group) is 1. The van der Waals surface area contributed by atoms with Crippen LogP contribution in [-0.2, 0) is 4.74 Å². The van der Waals surface area contributed by atoms with Gasteiger partial charge in [-0.1, -0.05) is 18.2 Å². The minimum atomic E-state index is -0.387. The Morgan fingerprint density at radius 3 is 2.32 bits per heavy atom. The molecule has 1 saturated heterocycles. The molecule has 3 aromatic rings. The zero-order valence-corrected chi connectivity index (χ0v) is 22.8. The second kappa shape index (κ2) is 12.0. The predicted molar refractivity (Wildman–Crippen MR) is 153 cm³/mol. The summed E-state index contributed by atoms with van der Waals surface area (Å²) in [7, 11) is 5.48. The number of benzene rings is 3. The van der Waals surface area contributed by atoms with E-state index >= 15 is 0 Å². The summed E-state index contributed by atoms with van der Waals surface area (Å²) < 4.78 is 10.7. The Morgan fingerprint density at radius 1 is 0.974 bits per heavy atom. The molecule has 1 aliphatic rings. The highest BCUT2D eigenvalue weighted by atomic mass is 16.6. The summed E-state index contributed by atoms with van der Waals surface area (Å²) in [5.41, 5.74) is 6.09. The van der Waals surface area contributed by atoms with E-state index in [-0.39, 0.29) is 12.0 Å². The summed E-state index contributed by atoms with van der Waals surface area (Å²) >= 11 is 0. The summed E-state index contributed by atoms with van der Waals surface area (Å²) in [4.78, 5) is 31.2. The van der Waals surface area contributed by atoms with Crippen LogP contribution in [0.15, 0.2) is 60.7 Å². The molecule has 0 aromatic heterocycles. The van der Waals surface area contributed by atoms with Crippen molar-refractivity contribution in [3.8, 4) is 16.9 Å². The van der Waals surface area contributed by atoms with Gasteiger partial charge in [-0.05, 0) is 80.1 Å². The van der Waals surface area contributed by atoms with Gasteiger partial charge >= 0.3 is 6.09 Å². The first-order valence-electron chi connectivity index (χ1n) is 12.8. The Kier molecular flexibility index (Phi) is 8.53. The molecule has 1 heterocycles. The molecule has 0 spiro atoms. The monoisotopic (exact) mass is 516 g/mol. The number of carbonyl (C=O) groups is 2. The van der Waals surface area contributed by atoms with Crippen LogP contribution in [0.4, 0.5) is 21.9 Å². The fourth-order valence-corrected chi connectivity index (χ4v) is 4.57. The van der Waals surface area contributed by atoms with Gasteiger partial charge < -0.3 is 24.6 Å². The van der Waals surface area contributed by atoms with Crippen LogP contribution in [0.5, 0.6) is 5.75 Å². The van der Waals surface area contributed by atoms with Gasteiger partial charge in [0.1, 0.15) is 5.75 Å². The Balaban J connectivity index is 1.47. The lowest BCUT2D eigenvalue weighted by molar-refractivity contribution is 0.102. The topological polar surface area (TPSA) is 74.3 Å². The van der Waals surface area contributed by atoms with Gasteiger partial charge in [-0.3, -0.25) is 9.69 Å². The van der Waals surface area contributed by atoms with Gasteiger partial charge in [-0.25, -0.2) is 4.79 Å². The number of anilines is 3. The van der Waals surface area contributed by atoms with E-state index in [4.69, 9.17) is 9.47 Å². The van der Waals surface area contributed by atoms with Gasteiger partial charge in [0.15, 0.2) is 0 Å². The maximum Gasteiger partial charge on any atom is 0.413 e. The molecule has 1 fully saturated rings. The summed E-state index contributed by atoms with van der Waals surface area (Å²) in [6.45, 7) is 7.90. The van der Waals surface area contributed by atoms with Crippen molar-refractivity contribution in [2.75, 3.05) is 69.1 Å². The first-order valence-corrected chi connectivity index (χ1v) is 12.8. The van der Waals surface area contributed by atoms with E-state index in [1.54, 1.807) is 21.1 Å². The van der Waals surface area contributed by atoms with E-state index in [1.165, 1.54) is 4.90 Å². The number of rotatable bonds is 7. The van der Waals surface area contributed by atoms with Gasteiger partial charge in [0, 0.05) is 50.2 Å². The Morgan fingerprint density at radius 2 is 1.68 bits per heavy atom. The minimum Gasteiger partial charge on any atom is -0.495 e. The van der Waals surface area contributed by atoms with Crippen molar-refractivity contribution in [1.29, 1.82) is 0 Å². The zero-order chi connectivity index (χ0) is 27.2.